The number of fused-ring (bicyclic) bond motifs is 1. The van der Waals surface area contributed by atoms with Crippen LogP contribution in [0, 0.1) is 0 Å². The zero-order valence-electron chi connectivity index (χ0n) is 13.8. The second-order valence-corrected chi connectivity index (χ2v) is 8.46. The number of carbonyl (C=O) groups excluding carboxylic acids is 1. The first-order valence-electron chi connectivity index (χ1n) is 8.11. The van der Waals surface area contributed by atoms with Gasteiger partial charge < -0.3 is 20.1 Å². The summed E-state index contributed by atoms with van der Waals surface area (Å²) in [5.41, 5.74) is 1.57. The summed E-state index contributed by atoms with van der Waals surface area (Å²) in [7, 11) is -2.97. The number of hydrogen-bond acceptors (Lipinski definition) is 7. The zero-order chi connectivity index (χ0) is 18.1. The maximum atomic E-state index is 12.5. The molecule has 2 aliphatic heterocycles. The minimum atomic E-state index is -2.97. The molecular weight excluding hydrogens is 358 g/mol. The fourth-order valence-corrected chi connectivity index (χ4v) is 4.64. The van der Waals surface area contributed by atoms with Gasteiger partial charge in [-0.25, -0.2) is 8.42 Å². The lowest BCUT2D eigenvalue weighted by atomic mass is 10.2. The summed E-state index contributed by atoms with van der Waals surface area (Å²) in [5, 5.41) is 5.92. The number of pyridine rings is 1. The summed E-state index contributed by atoms with van der Waals surface area (Å²) in [6, 6.07) is 6.65. The molecule has 9 heteroatoms. The first-order chi connectivity index (χ1) is 12.5. The van der Waals surface area contributed by atoms with Crippen LogP contribution in [-0.4, -0.2) is 43.6 Å². The van der Waals surface area contributed by atoms with Crippen LogP contribution in [0.15, 0.2) is 36.7 Å². The standard InChI is InChI=1S/C17H17N3O5S/c21-17(20-12-1-2-15-16(6-12)25-10-24-15)11-5-14(8-18-7-11)19-13-3-4-26(22,23)9-13/h1-2,5-8,13,19H,3-4,9-10H2,(H,20,21). The first-order valence-corrected chi connectivity index (χ1v) is 9.94. The maximum Gasteiger partial charge on any atom is 0.257 e. The Labute approximate surface area is 150 Å². The third-order valence-electron chi connectivity index (χ3n) is 4.23. The number of sulfone groups is 1. The quantitative estimate of drug-likeness (QED) is 0.837. The molecule has 1 aromatic heterocycles. The number of carbonyl (C=O) groups is 1. The van der Waals surface area contributed by atoms with Crippen molar-refractivity contribution in [1.29, 1.82) is 0 Å². The van der Waals surface area contributed by atoms with Gasteiger partial charge in [0.1, 0.15) is 0 Å². The highest BCUT2D eigenvalue weighted by molar-refractivity contribution is 7.91. The van der Waals surface area contributed by atoms with Crippen LogP contribution in [0.4, 0.5) is 11.4 Å². The Morgan fingerprint density at radius 3 is 2.77 bits per heavy atom. The average molecular weight is 375 g/mol. The molecule has 1 unspecified atom stereocenters. The fraction of sp³-hybridized carbons (Fsp3) is 0.294. The highest BCUT2D eigenvalue weighted by atomic mass is 32.2. The molecule has 1 aromatic carbocycles. The number of ether oxygens (including phenoxy) is 2. The van der Waals surface area contributed by atoms with Gasteiger partial charge in [0.15, 0.2) is 21.3 Å². The minimum Gasteiger partial charge on any atom is -0.454 e. The van der Waals surface area contributed by atoms with E-state index in [9.17, 15) is 13.2 Å². The van der Waals surface area contributed by atoms with E-state index in [1.165, 1.54) is 6.20 Å². The van der Waals surface area contributed by atoms with Crippen molar-refractivity contribution in [3.63, 3.8) is 0 Å². The Balaban J connectivity index is 1.45. The predicted octanol–water partition coefficient (Wildman–Crippen LogP) is 1.66. The van der Waals surface area contributed by atoms with Crippen molar-refractivity contribution in [3.8, 4) is 11.5 Å². The molecule has 136 valence electrons. The number of rotatable bonds is 4. The summed E-state index contributed by atoms with van der Waals surface area (Å²) < 4.78 is 33.6. The van der Waals surface area contributed by atoms with E-state index >= 15 is 0 Å². The molecule has 0 aliphatic carbocycles. The normalized spacial score (nSPS) is 19.9. The Morgan fingerprint density at radius 1 is 1.12 bits per heavy atom. The first kappa shape index (κ1) is 16.6. The summed E-state index contributed by atoms with van der Waals surface area (Å²) in [6.07, 6.45) is 3.58. The van der Waals surface area contributed by atoms with Crippen molar-refractivity contribution < 1.29 is 22.7 Å². The Morgan fingerprint density at radius 2 is 1.96 bits per heavy atom. The third kappa shape index (κ3) is 3.57. The van der Waals surface area contributed by atoms with Gasteiger partial charge in [0, 0.05) is 30.2 Å². The van der Waals surface area contributed by atoms with Gasteiger partial charge in [-0.15, -0.1) is 0 Å². The van der Waals surface area contributed by atoms with E-state index in [2.05, 4.69) is 15.6 Å². The van der Waals surface area contributed by atoms with Crippen LogP contribution in [0.25, 0.3) is 0 Å². The van der Waals surface area contributed by atoms with Crippen molar-refractivity contribution in [2.75, 3.05) is 28.9 Å². The van der Waals surface area contributed by atoms with Crippen molar-refractivity contribution in [3.05, 3.63) is 42.2 Å². The van der Waals surface area contributed by atoms with Crippen LogP contribution in [0.3, 0.4) is 0 Å². The van der Waals surface area contributed by atoms with Crippen LogP contribution in [0.5, 0.6) is 11.5 Å². The van der Waals surface area contributed by atoms with Gasteiger partial charge in [-0.3, -0.25) is 9.78 Å². The molecule has 0 spiro atoms. The predicted molar refractivity (Wildman–Crippen MR) is 95.4 cm³/mol. The highest BCUT2D eigenvalue weighted by Crippen LogP contribution is 2.34. The van der Waals surface area contributed by atoms with Gasteiger partial charge in [-0.2, -0.15) is 0 Å². The lowest BCUT2D eigenvalue weighted by Crippen LogP contribution is -2.21. The van der Waals surface area contributed by atoms with Crippen LogP contribution in [-0.2, 0) is 9.84 Å². The number of anilines is 2. The molecular formula is C17H17N3O5S. The second kappa shape index (κ2) is 6.49. The molecule has 2 N–H and O–H groups in total. The SMILES string of the molecule is O=C(Nc1ccc2c(c1)OCO2)c1cncc(NC2CCS(=O)(=O)C2)c1. The molecule has 3 heterocycles. The Kier molecular flexibility index (Phi) is 4.15. The molecule has 0 radical (unpaired) electrons. The molecule has 2 aliphatic rings. The van der Waals surface area contributed by atoms with E-state index < -0.39 is 9.84 Å². The van der Waals surface area contributed by atoms with Crippen molar-refractivity contribution in [1.82, 2.24) is 4.98 Å². The highest BCUT2D eigenvalue weighted by Gasteiger charge is 2.27. The number of nitrogens with zero attached hydrogens (tertiary/aromatic N) is 1. The van der Waals surface area contributed by atoms with E-state index in [0.29, 0.717) is 34.9 Å². The number of nitrogens with one attached hydrogen (secondary N) is 2. The number of hydrogen-bond donors (Lipinski definition) is 2. The van der Waals surface area contributed by atoms with Gasteiger partial charge in [0.25, 0.3) is 5.91 Å². The Bertz CT molecular complexity index is 961. The van der Waals surface area contributed by atoms with Crippen LogP contribution in [0.1, 0.15) is 16.8 Å². The number of aromatic nitrogens is 1. The van der Waals surface area contributed by atoms with Gasteiger partial charge in [0.05, 0.1) is 22.8 Å². The minimum absolute atomic E-state index is 0.0978. The van der Waals surface area contributed by atoms with Crippen LogP contribution in [0.2, 0.25) is 0 Å². The molecule has 0 bridgehead atoms. The molecule has 8 nitrogen and oxygen atoms in total. The molecule has 0 saturated carbocycles. The van der Waals surface area contributed by atoms with Crippen molar-refractivity contribution in [2.24, 2.45) is 0 Å². The van der Waals surface area contributed by atoms with E-state index in [1.807, 2.05) is 0 Å². The van der Waals surface area contributed by atoms with E-state index in [0.717, 1.165) is 0 Å². The molecule has 26 heavy (non-hydrogen) atoms. The van der Waals surface area contributed by atoms with Gasteiger partial charge in [-0.1, -0.05) is 0 Å². The smallest absolute Gasteiger partial charge is 0.257 e. The lowest BCUT2D eigenvalue weighted by Gasteiger charge is -2.13. The van der Waals surface area contributed by atoms with E-state index in [1.54, 1.807) is 30.5 Å². The van der Waals surface area contributed by atoms with Crippen LogP contribution >= 0.6 is 0 Å². The summed E-state index contributed by atoms with van der Waals surface area (Å²) in [5.74, 6) is 1.18. The van der Waals surface area contributed by atoms with Crippen LogP contribution < -0.4 is 20.1 Å². The topological polar surface area (TPSA) is 107 Å². The van der Waals surface area contributed by atoms with Gasteiger partial charge in [-0.05, 0) is 24.6 Å². The van der Waals surface area contributed by atoms with Gasteiger partial charge >= 0.3 is 0 Å². The molecule has 4 rings (SSSR count). The molecule has 1 atom stereocenters. The molecule has 2 aromatic rings. The van der Waals surface area contributed by atoms with Gasteiger partial charge in [0.2, 0.25) is 6.79 Å². The molecule has 1 fully saturated rings. The largest absolute Gasteiger partial charge is 0.454 e. The molecule has 1 amide bonds. The van der Waals surface area contributed by atoms with E-state index in [4.69, 9.17) is 9.47 Å². The maximum absolute atomic E-state index is 12.5. The lowest BCUT2D eigenvalue weighted by molar-refractivity contribution is 0.102. The average Bonchev–Trinajstić information content (AvgIpc) is 3.20. The van der Waals surface area contributed by atoms with Crippen molar-refractivity contribution in [2.45, 2.75) is 12.5 Å². The zero-order valence-corrected chi connectivity index (χ0v) is 14.6. The summed E-state index contributed by atoms with van der Waals surface area (Å²) in [4.78, 5) is 16.5. The summed E-state index contributed by atoms with van der Waals surface area (Å²) in [6.45, 7) is 0.168. The number of amides is 1. The van der Waals surface area contributed by atoms with Crippen molar-refractivity contribution >= 4 is 27.1 Å². The van der Waals surface area contributed by atoms with E-state index in [-0.39, 0.29) is 30.2 Å². The fourth-order valence-electron chi connectivity index (χ4n) is 2.97. The monoisotopic (exact) mass is 375 g/mol. The third-order valence-corrected chi connectivity index (χ3v) is 6.00. The number of benzene rings is 1. The second-order valence-electron chi connectivity index (χ2n) is 6.23. The molecule has 1 saturated heterocycles. The summed E-state index contributed by atoms with van der Waals surface area (Å²) >= 11 is 0. The Hall–Kier alpha value is -2.81.